The van der Waals surface area contributed by atoms with Gasteiger partial charge in [-0.05, 0) is 13.3 Å². The molecule has 1 atom stereocenters. The molecule has 0 saturated carbocycles. The molecule has 2 heterocycles. The molecule has 1 fully saturated rings. The van der Waals surface area contributed by atoms with Crippen molar-refractivity contribution < 1.29 is 4.74 Å². The fourth-order valence-electron chi connectivity index (χ4n) is 2.15. The lowest BCUT2D eigenvalue weighted by Crippen LogP contribution is -2.25. The lowest BCUT2D eigenvalue weighted by Gasteiger charge is -2.18. The van der Waals surface area contributed by atoms with E-state index in [0.29, 0.717) is 6.10 Å². The summed E-state index contributed by atoms with van der Waals surface area (Å²) in [6, 6.07) is 0. The molecule has 1 aliphatic heterocycles. The highest BCUT2D eigenvalue weighted by molar-refractivity contribution is 5.66. The normalized spacial score (nSPS) is 21.3. The molecule has 0 aliphatic carbocycles. The van der Waals surface area contributed by atoms with Crippen molar-refractivity contribution in [3.63, 3.8) is 0 Å². The summed E-state index contributed by atoms with van der Waals surface area (Å²) >= 11 is 0. The van der Waals surface area contributed by atoms with Crippen molar-refractivity contribution in [1.82, 2.24) is 9.78 Å². The van der Waals surface area contributed by atoms with Crippen molar-refractivity contribution in [1.29, 1.82) is 0 Å². The molecular weight excluding hydrogens is 192 g/mol. The molecule has 5 heteroatoms. The van der Waals surface area contributed by atoms with Gasteiger partial charge in [-0.2, -0.15) is 5.10 Å². The average molecular weight is 210 g/mol. The molecule has 2 N–H and O–H groups in total. The van der Waals surface area contributed by atoms with Gasteiger partial charge < -0.3 is 15.4 Å². The van der Waals surface area contributed by atoms with Crippen LogP contribution in [-0.2, 0) is 11.8 Å². The minimum atomic E-state index is 0.319. The maximum Gasteiger partial charge on any atom is 0.150 e. The molecular formula is C10H18N4O. The van der Waals surface area contributed by atoms with Crippen LogP contribution in [0.25, 0.3) is 0 Å². The number of hydrogen-bond donors (Lipinski definition) is 1. The number of nitrogens with zero attached hydrogens (tertiary/aromatic N) is 3. The van der Waals surface area contributed by atoms with Crippen LogP contribution >= 0.6 is 0 Å². The first-order chi connectivity index (χ1) is 7.13. The second kappa shape index (κ2) is 3.73. The Labute approximate surface area is 89.8 Å². The van der Waals surface area contributed by atoms with E-state index in [2.05, 4.69) is 10.00 Å². The van der Waals surface area contributed by atoms with E-state index in [0.717, 1.165) is 36.7 Å². The maximum absolute atomic E-state index is 6.00. The van der Waals surface area contributed by atoms with Gasteiger partial charge in [0.15, 0.2) is 0 Å². The SMILES string of the molecule is COC1CCN(c2c(N)c(C)nn2C)C1. The molecule has 0 amide bonds. The Kier molecular flexibility index (Phi) is 2.56. The number of anilines is 2. The summed E-state index contributed by atoms with van der Waals surface area (Å²) in [6.07, 6.45) is 1.37. The van der Waals surface area contributed by atoms with Gasteiger partial charge >= 0.3 is 0 Å². The van der Waals surface area contributed by atoms with Gasteiger partial charge in [-0.25, -0.2) is 0 Å². The molecule has 1 saturated heterocycles. The summed E-state index contributed by atoms with van der Waals surface area (Å²) in [6.45, 7) is 3.82. The zero-order chi connectivity index (χ0) is 11.0. The Bertz CT molecular complexity index is 361. The van der Waals surface area contributed by atoms with Crippen molar-refractivity contribution in [2.75, 3.05) is 30.8 Å². The van der Waals surface area contributed by atoms with Gasteiger partial charge in [-0.15, -0.1) is 0 Å². The molecule has 1 aliphatic rings. The Morgan fingerprint density at radius 3 is 2.73 bits per heavy atom. The quantitative estimate of drug-likeness (QED) is 0.774. The van der Waals surface area contributed by atoms with Gasteiger partial charge in [0.25, 0.3) is 0 Å². The van der Waals surface area contributed by atoms with Gasteiger partial charge in [0.05, 0.1) is 17.5 Å². The monoisotopic (exact) mass is 210 g/mol. The highest BCUT2D eigenvalue weighted by Gasteiger charge is 2.26. The van der Waals surface area contributed by atoms with Crippen molar-refractivity contribution in [2.24, 2.45) is 7.05 Å². The number of aromatic nitrogens is 2. The summed E-state index contributed by atoms with van der Waals surface area (Å²) in [5.74, 6) is 1.02. The third-order valence-electron chi connectivity index (χ3n) is 3.02. The summed E-state index contributed by atoms with van der Waals surface area (Å²) in [5, 5.41) is 4.32. The van der Waals surface area contributed by atoms with Crippen LogP contribution in [0.4, 0.5) is 11.5 Å². The fraction of sp³-hybridized carbons (Fsp3) is 0.700. The zero-order valence-corrected chi connectivity index (χ0v) is 9.53. The van der Waals surface area contributed by atoms with Crippen LogP contribution in [0, 0.1) is 6.92 Å². The summed E-state index contributed by atoms with van der Waals surface area (Å²) in [7, 11) is 3.69. The maximum atomic E-state index is 6.00. The highest BCUT2D eigenvalue weighted by atomic mass is 16.5. The minimum absolute atomic E-state index is 0.319. The lowest BCUT2D eigenvalue weighted by atomic mass is 10.3. The number of methoxy groups -OCH3 is 1. The molecule has 1 aromatic heterocycles. The molecule has 0 spiro atoms. The lowest BCUT2D eigenvalue weighted by molar-refractivity contribution is 0.121. The minimum Gasteiger partial charge on any atom is -0.394 e. The Morgan fingerprint density at radius 1 is 1.53 bits per heavy atom. The molecule has 84 valence electrons. The fourth-order valence-corrected chi connectivity index (χ4v) is 2.15. The van der Waals surface area contributed by atoms with Gasteiger partial charge in [0.1, 0.15) is 5.82 Å². The van der Waals surface area contributed by atoms with Crippen molar-refractivity contribution >= 4 is 11.5 Å². The van der Waals surface area contributed by atoms with Crippen molar-refractivity contribution in [3.05, 3.63) is 5.69 Å². The van der Waals surface area contributed by atoms with E-state index < -0.39 is 0 Å². The van der Waals surface area contributed by atoms with Crippen molar-refractivity contribution in [2.45, 2.75) is 19.4 Å². The molecule has 1 aromatic rings. The average Bonchev–Trinajstić information content (AvgIpc) is 2.74. The zero-order valence-electron chi connectivity index (χ0n) is 9.53. The third-order valence-corrected chi connectivity index (χ3v) is 3.02. The van der Waals surface area contributed by atoms with Crippen LogP contribution in [0.3, 0.4) is 0 Å². The number of hydrogen-bond acceptors (Lipinski definition) is 4. The third kappa shape index (κ3) is 1.67. The molecule has 0 aromatic carbocycles. The Hall–Kier alpha value is -1.23. The van der Waals surface area contributed by atoms with E-state index in [4.69, 9.17) is 10.5 Å². The number of nitrogen functional groups attached to an aromatic ring is 1. The number of aryl methyl sites for hydroxylation is 2. The predicted octanol–water partition coefficient (Wildman–Crippen LogP) is 0.536. The van der Waals surface area contributed by atoms with E-state index in [-0.39, 0.29) is 0 Å². The first-order valence-electron chi connectivity index (χ1n) is 5.20. The van der Waals surface area contributed by atoms with Crippen LogP contribution in [-0.4, -0.2) is 36.1 Å². The van der Waals surface area contributed by atoms with Gasteiger partial charge in [0.2, 0.25) is 0 Å². The largest absolute Gasteiger partial charge is 0.394 e. The van der Waals surface area contributed by atoms with Gasteiger partial charge in [-0.3, -0.25) is 4.68 Å². The number of rotatable bonds is 2. The molecule has 2 rings (SSSR count). The first kappa shape index (κ1) is 10.3. The highest BCUT2D eigenvalue weighted by Crippen LogP contribution is 2.28. The van der Waals surface area contributed by atoms with Crippen LogP contribution < -0.4 is 10.6 Å². The van der Waals surface area contributed by atoms with Gasteiger partial charge in [0, 0.05) is 27.2 Å². The number of ether oxygens (including phenoxy) is 1. The second-order valence-electron chi connectivity index (χ2n) is 4.04. The topological polar surface area (TPSA) is 56.3 Å². The number of nitrogens with two attached hydrogens (primary N) is 1. The van der Waals surface area contributed by atoms with Crippen LogP contribution in [0.2, 0.25) is 0 Å². The molecule has 5 nitrogen and oxygen atoms in total. The van der Waals surface area contributed by atoms with Crippen LogP contribution in [0.15, 0.2) is 0 Å². The van der Waals surface area contributed by atoms with E-state index in [1.165, 1.54) is 0 Å². The van der Waals surface area contributed by atoms with E-state index >= 15 is 0 Å². The molecule has 0 radical (unpaired) electrons. The van der Waals surface area contributed by atoms with E-state index in [9.17, 15) is 0 Å². The predicted molar refractivity (Wildman–Crippen MR) is 60.0 cm³/mol. The first-order valence-corrected chi connectivity index (χ1v) is 5.20. The Morgan fingerprint density at radius 2 is 2.27 bits per heavy atom. The van der Waals surface area contributed by atoms with Crippen molar-refractivity contribution in [3.8, 4) is 0 Å². The summed E-state index contributed by atoms with van der Waals surface area (Å²) < 4.78 is 7.19. The molecule has 15 heavy (non-hydrogen) atoms. The standard InChI is InChI=1S/C10H18N4O/c1-7-9(11)10(13(2)12-7)14-5-4-8(6-14)15-3/h8H,4-6,11H2,1-3H3. The smallest absolute Gasteiger partial charge is 0.150 e. The van der Waals surface area contributed by atoms with Crippen LogP contribution in [0.1, 0.15) is 12.1 Å². The van der Waals surface area contributed by atoms with Gasteiger partial charge in [-0.1, -0.05) is 0 Å². The molecule has 0 bridgehead atoms. The van der Waals surface area contributed by atoms with E-state index in [1.807, 2.05) is 18.7 Å². The second-order valence-corrected chi connectivity index (χ2v) is 4.04. The summed E-state index contributed by atoms with van der Waals surface area (Å²) in [5.41, 5.74) is 7.69. The van der Waals surface area contributed by atoms with Crippen LogP contribution in [0.5, 0.6) is 0 Å². The Balaban J connectivity index is 2.23. The summed E-state index contributed by atoms with van der Waals surface area (Å²) in [4.78, 5) is 2.24. The molecule has 1 unspecified atom stereocenters. The van der Waals surface area contributed by atoms with E-state index in [1.54, 1.807) is 7.11 Å².